The third-order valence-electron chi connectivity index (χ3n) is 5.12. The minimum Gasteiger partial charge on any atom is -0.466 e. The highest BCUT2D eigenvalue weighted by atomic mass is 127. The van der Waals surface area contributed by atoms with Crippen LogP contribution in [0.3, 0.4) is 0 Å². The van der Waals surface area contributed by atoms with Gasteiger partial charge in [0.1, 0.15) is 11.4 Å². The largest absolute Gasteiger partial charge is 0.466 e. The van der Waals surface area contributed by atoms with Gasteiger partial charge in [0, 0.05) is 31.2 Å². The molecule has 3 N–H and O–H groups in total. The van der Waals surface area contributed by atoms with Gasteiger partial charge in [0.2, 0.25) is 0 Å². The van der Waals surface area contributed by atoms with Crippen LogP contribution < -0.4 is 10.6 Å². The third-order valence-corrected chi connectivity index (χ3v) is 5.36. The molecule has 7 nitrogen and oxygen atoms in total. The van der Waals surface area contributed by atoms with Gasteiger partial charge in [-0.25, -0.2) is 4.99 Å². The molecule has 2 aromatic rings. The number of hydrogen-bond donors (Lipinski definition) is 3. The van der Waals surface area contributed by atoms with Crippen LogP contribution in [0.5, 0.6) is 0 Å². The minimum atomic E-state index is -1.18. The van der Waals surface area contributed by atoms with Crippen molar-refractivity contribution in [3.8, 4) is 0 Å². The van der Waals surface area contributed by atoms with Crippen LogP contribution in [-0.2, 0) is 10.3 Å². The zero-order valence-corrected chi connectivity index (χ0v) is 21.1. The molecule has 0 aliphatic carbocycles. The third kappa shape index (κ3) is 7.64. The number of rotatable bonds is 8. The van der Waals surface area contributed by atoms with E-state index >= 15 is 0 Å². The second-order valence-corrected chi connectivity index (χ2v) is 7.98. The first-order chi connectivity index (χ1) is 14.5. The highest BCUT2D eigenvalue weighted by Crippen LogP contribution is 2.24. The molecule has 1 aromatic heterocycles. The van der Waals surface area contributed by atoms with Crippen LogP contribution in [0.2, 0.25) is 5.02 Å². The topological polar surface area (TPSA) is 82.3 Å². The first-order valence-corrected chi connectivity index (χ1v) is 10.7. The molecule has 0 radical (unpaired) electrons. The van der Waals surface area contributed by atoms with Gasteiger partial charge >= 0.3 is 0 Å². The minimum absolute atomic E-state index is 0. The van der Waals surface area contributed by atoms with Crippen molar-refractivity contribution < 1.29 is 14.3 Å². The molecular formula is C22H32ClIN4O3. The zero-order valence-electron chi connectivity index (χ0n) is 18.0. The van der Waals surface area contributed by atoms with E-state index in [0.717, 1.165) is 36.9 Å². The number of nitrogens with one attached hydrogen (secondary N) is 2. The van der Waals surface area contributed by atoms with Crippen molar-refractivity contribution in [2.24, 2.45) is 4.99 Å². The second-order valence-electron chi connectivity index (χ2n) is 7.55. The van der Waals surface area contributed by atoms with Crippen molar-refractivity contribution in [3.63, 3.8) is 0 Å². The van der Waals surface area contributed by atoms with Crippen LogP contribution in [0.1, 0.15) is 31.2 Å². The molecule has 0 spiro atoms. The smallest absolute Gasteiger partial charge is 0.191 e. The van der Waals surface area contributed by atoms with E-state index in [9.17, 15) is 5.11 Å². The number of hydrogen-bond acceptors (Lipinski definition) is 5. The fraction of sp³-hybridized carbons (Fsp3) is 0.500. The number of aliphatic imine (C=N–C) groups is 1. The number of aliphatic hydroxyl groups is 1. The average molecular weight is 563 g/mol. The van der Waals surface area contributed by atoms with E-state index in [-0.39, 0.29) is 36.6 Å². The van der Waals surface area contributed by atoms with E-state index in [1.165, 1.54) is 0 Å². The van der Waals surface area contributed by atoms with E-state index in [4.69, 9.17) is 20.8 Å². The molecule has 0 saturated carbocycles. The van der Waals surface area contributed by atoms with Gasteiger partial charge in [0.25, 0.3) is 0 Å². The molecule has 1 aliphatic rings. The van der Waals surface area contributed by atoms with Crippen molar-refractivity contribution in [1.29, 1.82) is 0 Å². The summed E-state index contributed by atoms with van der Waals surface area (Å²) >= 11 is 6.25. The molecule has 2 atom stereocenters. The summed E-state index contributed by atoms with van der Waals surface area (Å²) in [7, 11) is 0. The fourth-order valence-electron chi connectivity index (χ4n) is 3.49. The van der Waals surface area contributed by atoms with Gasteiger partial charge in [-0.2, -0.15) is 0 Å². The van der Waals surface area contributed by atoms with E-state index in [1.807, 2.05) is 25.1 Å². The van der Waals surface area contributed by atoms with E-state index in [2.05, 4.69) is 26.6 Å². The highest BCUT2D eigenvalue weighted by Gasteiger charge is 2.27. The van der Waals surface area contributed by atoms with E-state index in [1.54, 1.807) is 25.3 Å². The van der Waals surface area contributed by atoms with Crippen LogP contribution in [0.4, 0.5) is 0 Å². The number of morpholine rings is 1. The van der Waals surface area contributed by atoms with Gasteiger partial charge in [-0.3, -0.25) is 4.90 Å². The van der Waals surface area contributed by atoms with Crippen molar-refractivity contribution >= 4 is 41.5 Å². The number of ether oxygens (including phenoxy) is 1. The van der Waals surface area contributed by atoms with Crippen molar-refractivity contribution in [1.82, 2.24) is 15.5 Å². The van der Waals surface area contributed by atoms with Gasteiger partial charge < -0.3 is 24.9 Å². The average Bonchev–Trinajstić information content (AvgIpc) is 3.29. The van der Waals surface area contributed by atoms with Crippen LogP contribution in [0.25, 0.3) is 0 Å². The van der Waals surface area contributed by atoms with Crippen LogP contribution >= 0.6 is 35.6 Å². The Labute approximate surface area is 206 Å². The Balaban J connectivity index is 0.00000341. The predicted octanol–water partition coefficient (Wildman–Crippen LogP) is 3.39. The van der Waals surface area contributed by atoms with Crippen molar-refractivity contribution in [3.05, 3.63) is 59.0 Å². The van der Waals surface area contributed by atoms with Gasteiger partial charge in [-0.1, -0.05) is 23.7 Å². The first kappa shape index (κ1) is 25.9. The first-order valence-electron chi connectivity index (χ1n) is 10.4. The van der Waals surface area contributed by atoms with Gasteiger partial charge in [-0.05, 0) is 43.7 Å². The molecule has 1 fully saturated rings. The number of furan rings is 1. The van der Waals surface area contributed by atoms with E-state index < -0.39 is 5.60 Å². The molecule has 0 bridgehead atoms. The van der Waals surface area contributed by atoms with Crippen molar-refractivity contribution in [2.45, 2.75) is 25.5 Å². The lowest BCUT2D eigenvalue weighted by molar-refractivity contribution is 0.0169. The molecule has 2 heterocycles. The van der Waals surface area contributed by atoms with Crippen LogP contribution in [-0.4, -0.2) is 61.9 Å². The Bertz CT molecular complexity index is 811. The quantitative estimate of drug-likeness (QED) is 0.260. The summed E-state index contributed by atoms with van der Waals surface area (Å²) < 4.78 is 10.9. The number of nitrogens with zero attached hydrogens (tertiary/aromatic N) is 2. The molecule has 3 rings (SSSR count). The normalized spacial score (nSPS) is 18.0. The van der Waals surface area contributed by atoms with Gasteiger partial charge in [-0.15, -0.1) is 24.0 Å². The molecular weight excluding hydrogens is 531 g/mol. The maximum Gasteiger partial charge on any atom is 0.191 e. The van der Waals surface area contributed by atoms with Crippen molar-refractivity contribution in [2.75, 3.05) is 45.9 Å². The number of benzene rings is 1. The monoisotopic (exact) mass is 562 g/mol. The van der Waals surface area contributed by atoms with E-state index in [0.29, 0.717) is 24.8 Å². The molecule has 172 valence electrons. The Morgan fingerprint density at radius 3 is 2.68 bits per heavy atom. The highest BCUT2D eigenvalue weighted by molar-refractivity contribution is 14.0. The predicted molar refractivity (Wildman–Crippen MR) is 134 cm³/mol. The molecule has 0 amide bonds. The molecule has 1 aromatic carbocycles. The second kappa shape index (κ2) is 12.6. The lowest BCUT2D eigenvalue weighted by Crippen LogP contribution is -2.46. The standard InChI is InChI=1S/C22H31ClN4O3.HI/c1-3-24-21(26-16-22(2,28)20-8-5-11-30-20)25-15-19(27-9-12-29-13-10-27)17-6-4-7-18(23)14-17;/h4-8,11,14,19,28H,3,9-10,12-13,15-16H2,1-2H3,(H2,24,25,26);1H. The summed E-state index contributed by atoms with van der Waals surface area (Å²) in [5.41, 5.74) is -0.0297. The lowest BCUT2D eigenvalue weighted by Gasteiger charge is -2.35. The Hall–Kier alpha value is -1.33. The Morgan fingerprint density at radius 1 is 1.26 bits per heavy atom. The zero-order chi connectivity index (χ0) is 21.4. The molecule has 2 unspecified atom stereocenters. The Kier molecular flexibility index (Phi) is 10.6. The molecule has 1 aliphatic heterocycles. The fourth-order valence-corrected chi connectivity index (χ4v) is 3.69. The number of guanidine groups is 1. The SMILES string of the molecule is CCNC(=NCC(C)(O)c1ccco1)NCC(c1cccc(Cl)c1)N1CCOCC1.I. The van der Waals surface area contributed by atoms with Gasteiger partial charge in [0.15, 0.2) is 5.96 Å². The van der Waals surface area contributed by atoms with Crippen LogP contribution in [0, 0.1) is 0 Å². The number of halogens is 2. The summed E-state index contributed by atoms with van der Waals surface area (Å²) in [4.78, 5) is 6.98. The van der Waals surface area contributed by atoms with Crippen LogP contribution in [0.15, 0.2) is 52.1 Å². The summed E-state index contributed by atoms with van der Waals surface area (Å²) in [5, 5.41) is 18.1. The molecule has 1 saturated heterocycles. The lowest BCUT2D eigenvalue weighted by atomic mass is 10.0. The molecule has 9 heteroatoms. The molecule has 31 heavy (non-hydrogen) atoms. The maximum absolute atomic E-state index is 10.7. The van der Waals surface area contributed by atoms with Gasteiger partial charge in [0.05, 0.1) is 32.1 Å². The Morgan fingerprint density at radius 2 is 2.03 bits per heavy atom. The summed E-state index contributed by atoms with van der Waals surface area (Å²) in [5.74, 6) is 1.14. The maximum atomic E-state index is 10.7. The summed E-state index contributed by atoms with van der Waals surface area (Å²) in [6.07, 6.45) is 1.55. The summed E-state index contributed by atoms with van der Waals surface area (Å²) in [6, 6.07) is 11.6. The summed E-state index contributed by atoms with van der Waals surface area (Å²) in [6.45, 7) is 8.41.